The molecule has 0 aliphatic rings. The molecule has 6 heteroatoms. The average molecular weight is 848 g/mol. The Morgan fingerprint density at radius 2 is 0.833 bits per heavy atom. The molecule has 3 N–H and O–H groups in total. The number of hydrogen-bond donors (Lipinski definition) is 3. The van der Waals surface area contributed by atoms with Crippen molar-refractivity contribution in [1.29, 1.82) is 0 Å². The molecule has 0 fully saturated rings. The zero-order chi connectivity index (χ0) is 43.8. The number of nitrogens with one attached hydrogen (secondary N) is 1. The third kappa shape index (κ3) is 43.3. The normalized spacial score (nSPS) is 13.2. The summed E-state index contributed by atoms with van der Waals surface area (Å²) in [7, 11) is 0. The number of esters is 1. The topological polar surface area (TPSA) is 95.9 Å². The molecule has 0 aliphatic heterocycles. The fraction of sp³-hybridized carbons (Fsp3) is 0.926. The van der Waals surface area contributed by atoms with Gasteiger partial charge in [-0.05, 0) is 44.9 Å². The van der Waals surface area contributed by atoms with Crippen LogP contribution in [0.2, 0.25) is 0 Å². The Labute approximate surface area is 374 Å². The van der Waals surface area contributed by atoms with Crippen molar-refractivity contribution < 1.29 is 24.5 Å². The molecule has 1 amide bonds. The lowest BCUT2D eigenvalue weighted by Gasteiger charge is -2.24. The number of ether oxygens (including phenoxy) is 1. The number of allylic oxidation sites excluding steroid dienone is 2. The molecule has 0 saturated heterocycles. The van der Waals surface area contributed by atoms with Crippen LogP contribution in [0.3, 0.4) is 0 Å². The van der Waals surface area contributed by atoms with Crippen molar-refractivity contribution in [3.8, 4) is 0 Å². The van der Waals surface area contributed by atoms with E-state index in [4.69, 9.17) is 4.74 Å². The van der Waals surface area contributed by atoms with E-state index in [1.807, 2.05) is 0 Å². The molecular weight excluding hydrogens is 743 g/mol. The maximum atomic E-state index is 13.2. The van der Waals surface area contributed by atoms with Gasteiger partial charge in [0.1, 0.15) is 6.10 Å². The molecule has 0 rings (SSSR count). The summed E-state index contributed by atoms with van der Waals surface area (Å²) in [6.45, 7) is 6.44. The van der Waals surface area contributed by atoms with E-state index < -0.39 is 18.2 Å². The average Bonchev–Trinajstić information content (AvgIpc) is 3.24. The summed E-state index contributed by atoms with van der Waals surface area (Å²) in [5.74, 6) is -0.476. The Bertz CT molecular complexity index is 909. The van der Waals surface area contributed by atoms with Gasteiger partial charge in [0.15, 0.2) is 0 Å². The first kappa shape index (κ1) is 58.6. The van der Waals surface area contributed by atoms with Crippen LogP contribution in [0.1, 0.15) is 297 Å². The molecule has 0 heterocycles. The van der Waals surface area contributed by atoms with E-state index in [-0.39, 0.29) is 24.9 Å². The van der Waals surface area contributed by atoms with Gasteiger partial charge < -0.3 is 20.3 Å². The van der Waals surface area contributed by atoms with Crippen LogP contribution in [0.15, 0.2) is 12.2 Å². The fourth-order valence-corrected chi connectivity index (χ4v) is 8.49. The van der Waals surface area contributed by atoms with Gasteiger partial charge in [0, 0.05) is 6.42 Å². The van der Waals surface area contributed by atoms with Crippen LogP contribution < -0.4 is 5.32 Å². The van der Waals surface area contributed by atoms with Crippen molar-refractivity contribution >= 4 is 11.9 Å². The van der Waals surface area contributed by atoms with E-state index in [0.717, 1.165) is 64.2 Å². The highest BCUT2D eigenvalue weighted by molar-refractivity contribution is 5.77. The largest absolute Gasteiger partial charge is 0.462 e. The number of carbonyl (C=O) groups is 2. The van der Waals surface area contributed by atoms with Crippen molar-refractivity contribution in [2.75, 3.05) is 6.61 Å². The van der Waals surface area contributed by atoms with Crippen LogP contribution in [0, 0.1) is 0 Å². The third-order valence-corrected chi connectivity index (χ3v) is 12.6. The van der Waals surface area contributed by atoms with Crippen LogP contribution in [-0.4, -0.2) is 46.9 Å². The Balaban J connectivity index is 4.32. The molecule has 356 valence electrons. The molecule has 3 unspecified atom stereocenters. The van der Waals surface area contributed by atoms with Gasteiger partial charge in [-0.15, -0.1) is 0 Å². The van der Waals surface area contributed by atoms with Crippen molar-refractivity contribution in [1.82, 2.24) is 5.32 Å². The minimum atomic E-state index is -0.785. The summed E-state index contributed by atoms with van der Waals surface area (Å²) >= 11 is 0. The van der Waals surface area contributed by atoms with Gasteiger partial charge in [0.05, 0.1) is 25.2 Å². The number of aliphatic hydroxyl groups is 2. The second-order valence-corrected chi connectivity index (χ2v) is 18.6. The highest BCUT2D eigenvalue weighted by Gasteiger charge is 2.24. The predicted molar refractivity (Wildman–Crippen MR) is 260 cm³/mol. The van der Waals surface area contributed by atoms with Gasteiger partial charge in [0.2, 0.25) is 5.91 Å². The molecule has 0 aromatic carbocycles. The first-order valence-electron chi connectivity index (χ1n) is 26.9. The van der Waals surface area contributed by atoms with Gasteiger partial charge in [-0.2, -0.15) is 0 Å². The highest BCUT2D eigenvalue weighted by atomic mass is 16.5. The number of hydrogen-bond acceptors (Lipinski definition) is 5. The predicted octanol–water partition coefficient (Wildman–Crippen LogP) is 16.1. The Kier molecular flexibility index (Phi) is 47.5. The number of aliphatic hydroxyl groups excluding tert-OH is 2. The van der Waals surface area contributed by atoms with Gasteiger partial charge in [-0.3, -0.25) is 9.59 Å². The van der Waals surface area contributed by atoms with E-state index in [0.29, 0.717) is 19.3 Å². The third-order valence-electron chi connectivity index (χ3n) is 12.6. The summed E-state index contributed by atoms with van der Waals surface area (Å²) in [4.78, 5) is 26.1. The molecule has 0 aliphatic carbocycles. The first-order chi connectivity index (χ1) is 29.5. The monoisotopic (exact) mass is 848 g/mol. The molecule has 3 atom stereocenters. The summed E-state index contributed by atoms with van der Waals surface area (Å²) in [5, 5.41) is 23.8. The summed E-state index contributed by atoms with van der Waals surface area (Å²) < 4.78 is 5.91. The van der Waals surface area contributed by atoms with Crippen LogP contribution in [-0.2, 0) is 14.3 Å². The lowest BCUT2D eigenvalue weighted by Crippen LogP contribution is -2.46. The van der Waals surface area contributed by atoms with Crippen molar-refractivity contribution in [3.05, 3.63) is 12.2 Å². The molecule has 0 aromatic heterocycles. The molecule has 0 saturated carbocycles. The van der Waals surface area contributed by atoms with E-state index >= 15 is 0 Å². The first-order valence-corrected chi connectivity index (χ1v) is 26.9. The summed E-state index contributed by atoms with van der Waals surface area (Å²) in [6.07, 6.45) is 54.3. The molecule has 0 bridgehead atoms. The highest BCUT2D eigenvalue weighted by Crippen LogP contribution is 2.18. The minimum absolute atomic E-state index is 0.0729. The van der Waals surface area contributed by atoms with Crippen LogP contribution in [0.5, 0.6) is 0 Å². The van der Waals surface area contributed by atoms with E-state index in [9.17, 15) is 19.8 Å². The SMILES string of the molecule is CCC/C=C\CCCCCC(CC(=O)NC(CO)C(O)CCCCCCCCCCCCCCCCCCC)OC(=O)CCCCCCCCCCCCCCCCCC. The maximum absolute atomic E-state index is 13.2. The second kappa shape index (κ2) is 48.6. The number of amides is 1. The van der Waals surface area contributed by atoms with Gasteiger partial charge >= 0.3 is 5.97 Å². The molecule has 6 nitrogen and oxygen atoms in total. The standard InChI is InChI=1S/C54H105NO5/c1-4-7-10-13-16-19-21-23-25-27-28-30-32-34-37-40-43-46-52(57)51(49-56)55-53(58)48-50(45-42-39-36-18-15-12-9-6-3)60-54(59)47-44-41-38-35-33-31-29-26-24-22-20-17-14-11-8-5-2/h12,15,50-52,56-57H,4-11,13-14,16-49H2,1-3H3,(H,55,58)/b15-12-. The number of carbonyl (C=O) groups excluding carboxylic acids is 2. The van der Waals surface area contributed by atoms with E-state index in [1.165, 1.54) is 186 Å². The zero-order valence-electron chi connectivity index (χ0n) is 40.6. The zero-order valence-corrected chi connectivity index (χ0v) is 40.6. The molecule has 0 radical (unpaired) electrons. The molecular formula is C54H105NO5. The lowest BCUT2D eigenvalue weighted by molar-refractivity contribution is -0.151. The molecule has 0 spiro atoms. The minimum Gasteiger partial charge on any atom is -0.462 e. The van der Waals surface area contributed by atoms with Crippen molar-refractivity contribution in [2.24, 2.45) is 0 Å². The van der Waals surface area contributed by atoms with E-state index in [1.54, 1.807) is 0 Å². The Morgan fingerprint density at radius 1 is 0.467 bits per heavy atom. The Morgan fingerprint density at radius 3 is 1.25 bits per heavy atom. The molecule has 0 aromatic rings. The number of rotatable bonds is 49. The van der Waals surface area contributed by atoms with Crippen molar-refractivity contribution in [3.63, 3.8) is 0 Å². The summed E-state index contributed by atoms with van der Waals surface area (Å²) in [5.41, 5.74) is 0. The van der Waals surface area contributed by atoms with Crippen molar-refractivity contribution in [2.45, 2.75) is 315 Å². The Hall–Kier alpha value is -1.40. The second-order valence-electron chi connectivity index (χ2n) is 18.6. The maximum Gasteiger partial charge on any atom is 0.306 e. The van der Waals surface area contributed by atoms with Crippen LogP contribution >= 0.6 is 0 Å². The van der Waals surface area contributed by atoms with Crippen LogP contribution in [0.25, 0.3) is 0 Å². The summed E-state index contributed by atoms with van der Waals surface area (Å²) in [6, 6.07) is -0.699. The fourth-order valence-electron chi connectivity index (χ4n) is 8.49. The van der Waals surface area contributed by atoms with E-state index in [2.05, 4.69) is 38.2 Å². The van der Waals surface area contributed by atoms with Gasteiger partial charge in [-0.25, -0.2) is 0 Å². The lowest BCUT2D eigenvalue weighted by atomic mass is 10.0. The quantitative estimate of drug-likeness (QED) is 0.0322. The smallest absolute Gasteiger partial charge is 0.306 e. The van der Waals surface area contributed by atoms with Crippen LogP contribution in [0.4, 0.5) is 0 Å². The van der Waals surface area contributed by atoms with Gasteiger partial charge in [-0.1, -0.05) is 251 Å². The molecule has 60 heavy (non-hydrogen) atoms. The number of unbranched alkanes of at least 4 members (excludes halogenated alkanes) is 35. The van der Waals surface area contributed by atoms with Gasteiger partial charge in [0.25, 0.3) is 0 Å².